The molecule has 1 N–H and O–H groups in total. The SMILES string of the molecule is O=C(CCn1cnnn1)N[C@H]1CC(=O)N(Cc2ccccc2)C1. The Kier molecular flexibility index (Phi) is 4.60. The number of benzene rings is 1. The number of likely N-dealkylation sites (tertiary alicyclic amines) is 1. The number of tetrazole rings is 1. The van der Waals surface area contributed by atoms with Gasteiger partial charge >= 0.3 is 0 Å². The van der Waals surface area contributed by atoms with E-state index in [2.05, 4.69) is 20.8 Å². The fourth-order valence-electron chi connectivity index (χ4n) is 2.62. The molecule has 120 valence electrons. The van der Waals surface area contributed by atoms with Crippen LogP contribution in [0.2, 0.25) is 0 Å². The molecule has 2 aromatic rings. The first-order valence-corrected chi connectivity index (χ1v) is 7.52. The number of carbonyl (C=O) groups excluding carboxylic acids is 2. The van der Waals surface area contributed by atoms with Gasteiger partial charge in [0, 0.05) is 25.9 Å². The monoisotopic (exact) mass is 314 g/mol. The van der Waals surface area contributed by atoms with Gasteiger partial charge in [0.1, 0.15) is 6.33 Å². The maximum absolute atomic E-state index is 12.1. The van der Waals surface area contributed by atoms with Gasteiger partial charge < -0.3 is 10.2 Å². The van der Waals surface area contributed by atoms with Crippen molar-refractivity contribution < 1.29 is 9.59 Å². The minimum absolute atomic E-state index is 0.0691. The number of aryl methyl sites for hydroxylation is 1. The Hall–Kier alpha value is -2.77. The number of aromatic nitrogens is 4. The van der Waals surface area contributed by atoms with E-state index < -0.39 is 0 Å². The summed E-state index contributed by atoms with van der Waals surface area (Å²) in [6.45, 7) is 1.55. The van der Waals surface area contributed by atoms with E-state index in [4.69, 9.17) is 0 Å². The minimum atomic E-state index is -0.132. The molecule has 0 unspecified atom stereocenters. The van der Waals surface area contributed by atoms with Crippen molar-refractivity contribution in [3.8, 4) is 0 Å². The second-order valence-corrected chi connectivity index (χ2v) is 5.55. The van der Waals surface area contributed by atoms with Gasteiger partial charge in [0.25, 0.3) is 0 Å². The Balaban J connectivity index is 1.46. The smallest absolute Gasteiger partial charge is 0.225 e. The summed E-state index contributed by atoms with van der Waals surface area (Å²) in [5, 5.41) is 13.6. The van der Waals surface area contributed by atoms with Crippen molar-refractivity contribution in [1.29, 1.82) is 0 Å². The van der Waals surface area contributed by atoms with E-state index in [0.29, 0.717) is 26.1 Å². The predicted molar refractivity (Wildman–Crippen MR) is 80.8 cm³/mol. The van der Waals surface area contributed by atoms with E-state index in [-0.39, 0.29) is 24.3 Å². The summed E-state index contributed by atoms with van der Waals surface area (Å²) >= 11 is 0. The van der Waals surface area contributed by atoms with Crippen LogP contribution in [0.1, 0.15) is 18.4 Å². The Morgan fingerprint density at radius 1 is 1.30 bits per heavy atom. The standard InChI is InChI=1S/C15H18N6O2/c22-14(6-7-21-11-16-18-19-21)17-13-8-15(23)20(10-13)9-12-4-2-1-3-5-12/h1-5,11,13H,6-10H2,(H,17,22)/t13-/m0/s1. The van der Waals surface area contributed by atoms with Gasteiger partial charge in [-0.3, -0.25) is 9.59 Å². The summed E-state index contributed by atoms with van der Waals surface area (Å²) in [6.07, 6.45) is 2.10. The van der Waals surface area contributed by atoms with Crippen LogP contribution >= 0.6 is 0 Å². The van der Waals surface area contributed by atoms with Gasteiger partial charge in [-0.05, 0) is 16.0 Å². The zero-order valence-electron chi connectivity index (χ0n) is 12.6. The molecular weight excluding hydrogens is 296 g/mol. The van der Waals surface area contributed by atoms with Crippen molar-refractivity contribution in [1.82, 2.24) is 30.4 Å². The molecule has 23 heavy (non-hydrogen) atoms. The molecule has 1 atom stereocenters. The normalized spacial score (nSPS) is 17.5. The summed E-state index contributed by atoms with van der Waals surface area (Å²) in [5.74, 6) is -0.0282. The van der Waals surface area contributed by atoms with Crippen molar-refractivity contribution >= 4 is 11.8 Å². The highest BCUT2D eigenvalue weighted by Crippen LogP contribution is 2.15. The second kappa shape index (κ2) is 6.99. The molecule has 1 aliphatic rings. The molecule has 0 aliphatic carbocycles. The Morgan fingerprint density at radius 3 is 2.87 bits per heavy atom. The molecule has 3 rings (SSSR count). The molecule has 1 fully saturated rings. The molecule has 0 radical (unpaired) electrons. The molecule has 0 bridgehead atoms. The number of amides is 2. The predicted octanol–water partition coefficient (Wildman–Crippen LogP) is -0.0195. The van der Waals surface area contributed by atoms with Gasteiger partial charge in [0.15, 0.2) is 0 Å². The van der Waals surface area contributed by atoms with Gasteiger partial charge in [0.2, 0.25) is 11.8 Å². The summed E-state index contributed by atoms with van der Waals surface area (Å²) in [7, 11) is 0. The zero-order chi connectivity index (χ0) is 16.1. The average Bonchev–Trinajstić information content (AvgIpc) is 3.17. The van der Waals surface area contributed by atoms with Crippen LogP contribution in [-0.2, 0) is 22.7 Å². The molecule has 1 aromatic carbocycles. The average molecular weight is 314 g/mol. The van der Waals surface area contributed by atoms with Gasteiger partial charge in [-0.1, -0.05) is 30.3 Å². The zero-order valence-corrected chi connectivity index (χ0v) is 12.6. The molecule has 2 heterocycles. The van der Waals surface area contributed by atoms with Gasteiger partial charge in [0.05, 0.1) is 12.6 Å². The van der Waals surface area contributed by atoms with E-state index in [1.54, 1.807) is 4.90 Å². The van der Waals surface area contributed by atoms with Gasteiger partial charge in [-0.25, -0.2) is 4.68 Å². The largest absolute Gasteiger partial charge is 0.351 e. The van der Waals surface area contributed by atoms with Crippen LogP contribution in [-0.4, -0.2) is 49.5 Å². The Morgan fingerprint density at radius 2 is 2.13 bits per heavy atom. The molecule has 2 amide bonds. The minimum Gasteiger partial charge on any atom is -0.351 e. The first-order valence-electron chi connectivity index (χ1n) is 7.52. The van der Waals surface area contributed by atoms with Crippen LogP contribution in [0, 0.1) is 0 Å². The summed E-state index contributed by atoms with van der Waals surface area (Å²) in [6, 6.07) is 9.70. The van der Waals surface area contributed by atoms with Crippen molar-refractivity contribution in [2.75, 3.05) is 6.54 Å². The molecule has 8 heteroatoms. The van der Waals surface area contributed by atoms with E-state index in [1.807, 2.05) is 30.3 Å². The van der Waals surface area contributed by atoms with Crippen LogP contribution in [0.4, 0.5) is 0 Å². The van der Waals surface area contributed by atoms with Gasteiger partial charge in [-0.15, -0.1) is 5.10 Å². The fourth-order valence-corrected chi connectivity index (χ4v) is 2.62. The summed E-state index contributed by atoms with van der Waals surface area (Å²) in [5.41, 5.74) is 1.09. The molecule has 8 nitrogen and oxygen atoms in total. The third kappa shape index (κ3) is 4.12. The quantitative estimate of drug-likeness (QED) is 0.809. The first-order chi connectivity index (χ1) is 11.2. The third-order valence-corrected chi connectivity index (χ3v) is 3.76. The number of hydrogen-bond donors (Lipinski definition) is 1. The lowest BCUT2D eigenvalue weighted by Gasteiger charge is -2.17. The van der Waals surface area contributed by atoms with Crippen LogP contribution in [0.3, 0.4) is 0 Å². The molecule has 0 saturated carbocycles. The fraction of sp³-hybridized carbons (Fsp3) is 0.400. The van der Waals surface area contributed by atoms with Crippen molar-refractivity contribution in [2.45, 2.75) is 32.0 Å². The van der Waals surface area contributed by atoms with Crippen LogP contribution < -0.4 is 5.32 Å². The lowest BCUT2D eigenvalue weighted by Crippen LogP contribution is -2.37. The molecule has 1 saturated heterocycles. The highest BCUT2D eigenvalue weighted by atomic mass is 16.2. The van der Waals surface area contributed by atoms with Crippen molar-refractivity contribution in [3.05, 3.63) is 42.2 Å². The van der Waals surface area contributed by atoms with Crippen molar-refractivity contribution in [3.63, 3.8) is 0 Å². The maximum Gasteiger partial charge on any atom is 0.225 e. The topological polar surface area (TPSA) is 93.0 Å². The van der Waals surface area contributed by atoms with Crippen LogP contribution in [0.15, 0.2) is 36.7 Å². The lowest BCUT2D eigenvalue weighted by atomic mass is 10.2. The van der Waals surface area contributed by atoms with E-state index in [0.717, 1.165) is 5.56 Å². The number of nitrogens with one attached hydrogen (secondary N) is 1. The molecule has 1 aliphatic heterocycles. The van der Waals surface area contributed by atoms with Crippen LogP contribution in [0.25, 0.3) is 0 Å². The van der Waals surface area contributed by atoms with Crippen LogP contribution in [0.5, 0.6) is 0 Å². The number of nitrogens with zero attached hydrogens (tertiary/aromatic N) is 5. The summed E-state index contributed by atoms with van der Waals surface area (Å²) < 4.78 is 1.50. The third-order valence-electron chi connectivity index (χ3n) is 3.76. The Bertz CT molecular complexity index is 658. The molecule has 1 aromatic heterocycles. The summed E-state index contributed by atoms with van der Waals surface area (Å²) in [4.78, 5) is 25.8. The van der Waals surface area contributed by atoms with E-state index in [9.17, 15) is 9.59 Å². The second-order valence-electron chi connectivity index (χ2n) is 5.55. The first kappa shape index (κ1) is 15.1. The number of rotatable bonds is 6. The number of hydrogen-bond acceptors (Lipinski definition) is 5. The number of carbonyl (C=O) groups is 2. The molecular formula is C15H18N6O2. The maximum atomic E-state index is 12.1. The highest BCUT2D eigenvalue weighted by Gasteiger charge is 2.30. The lowest BCUT2D eigenvalue weighted by molar-refractivity contribution is -0.128. The Labute approximate surface area is 133 Å². The van der Waals surface area contributed by atoms with E-state index in [1.165, 1.54) is 11.0 Å². The van der Waals surface area contributed by atoms with E-state index >= 15 is 0 Å². The van der Waals surface area contributed by atoms with Gasteiger partial charge in [-0.2, -0.15) is 0 Å². The molecule has 0 spiro atoms. The highest BCUT2D eigenvalue weighted by molar-refractivity contribution is 5.82. The van der Waals surface area contributed by atoms with Crippen molar-refractivity contribution in [2.24, 2.45) is 0 Å².